The summed E-state index contributed by atoms with van der Waals surface area (Å²) in [4.78, 5) is 10.2. The lowest BCUT2D eigenvalue weighted by molar-refractivity contribution is 1.25. The van der Waals surface area contributed by atoms with Crippen molar-refractivity contribution < 1.29 is 0 Å². The van der Waals surface area contributed by atoms with Crippen molar-refractivity contribution >= 4 is 115 Å². The minimum atomic E-state index is -0.0100. The Bertz CT molecular complexity index is 3110. The van der Waals surface area contributed by atoms with E-state index in [9.17, 15) is 5.41 Å². The highest BCUT2D eigenvalue weighted by Gasteiger charge is 2.54. The molecule has 7 aromatic carbocycles. The van der Waals surface area contributed by atoms with E-state index in [0.29, 0.717) is 5.71 Å². The lowest BCUT2D eigenvalue weighted by Crippen LogP contribution is -2.73. The SMILES string of the molecule is CN=C1c2cc(C)ccc2B2c3cc4c5c6c3N(c3ccc(C)cc3B6c3cc(C)ccc3N5c3cccc5c3B4c3ccc(C)cc3C5=N)c3cccc1c32. The van der Waals surface area contributed by atoms with Gasteiger partial charge in [-0.1, -0.05) is 124 Å². The number of aryl methyl sites for hydroxylation is 4. The molecule has 0 saturated heterocycles. The maximum Gasteiger partial charge on any atom is 0.252 e. The molecule has 13 rings (SSSR count). The predicted octanol–water partition coefficient (Wildman–Crippen LogP) is 4.17. The van der Waals surface area contributed by atoms with Gasteiger partial charge in [-0.15, -0.1) is 0 Å². The third kappa shape index (κ3) is 3.52. The Balaban J connectivity index is 1.25. The van der Waals surface area contributed by atoms with Gasteiger partial charge in [0.15, 0.2) is 0 Å². The fraction of sp³-hybridized carbons (Fsp3) is 0.102. The molecule has 6 aliphatic heterocycles. The Labute approximate surface area is 328 Å². The van der Waals surface area contributed by atoms with Crippen LogP contribution in [0.15, 0.2) is 120 Å². The Hall–Kier alpha value is -6.33. The summed E-state index contributed by atoms with van der Waals surface area (Å²) >= 11 is 0. The largest absolute Gasteiger partial charge is 0.312 e. The number of hydrogen-bond acceptors (Lipinski definition) is 4. The van der Waals surface area contributed by atoms with Gasteiger partial charge in [-0.2, -0.15) is 0 Å². The average Bonchev–Trinajstić information content (AvgIpc) is 3.20. The van der Waals surface area contributed by atoms with Gasteiger partial charge < -0.3 is 9.80 Å². The van der Waals surface area contributed by atoms with Crippen molar-refractivity contribution in [2.75, 3.05) is 16.8 Å². The highest BCUT2D eigenvalue weighted by Crippen LogP contribution is 2.46. The van der Waals surface area contributed by atoms with E-state index in [4.69, 9.17) is 4.99 Å². The van der Waals surface area contributed by atoms with E-state index in [1.165, 1.54) is 117 Å². The van der Waals surface area contributed by atoms with Crippen molar-refractivity contribution in [2.24, 2.45) is 4.99 Å². The molecule has 0 bridgehead atoms. The quantitative estimate of drug-likeness (QED) is 0.240. The second kappa shape index (κ2) is 10.3. The summed E-state index contributed by atoms with van der Waals surface area (Å²) in [5.41, 5.74) is 30.8. The van der Waals surface area contributed by atoms with Crippen LogP contribution in [-0.2, 0) is 0 Å². The van der Waals surface area contributed by atoms with Crippen LogP contribution in [0.25, 0.3) is 0 Å². The fourth-order valence-electron chi connectivity index (χ4n) is 11.7. The van der Waals surface area contributed by atoms with E-state index in [0.717, 1.165) is 16.8 Å². The summed E-state index contributed by atoms with van der Waals surface area (Å²) in [6.45, 7) is 8.89. The van der Waals surface area contributed by atoms with Gasteiger partial charge in [0, 0.05) is 41.2 Å². The molecule has 7 aromatic rings. The minimum absolute atomic E-state index is 0.0100. The molecule has 260 valence electrons. The molecule has 0 saturated carbocycles. The number of aliphatic imine (C=N–C) groups is 1. The summed E-state index contributed by atoms with van der Waals surface area (Å²) in [6, 6.07) is 44.2. The first-order valence-electron chi connectivity index (χ1n) is 19.9. The third-order valence-electron chi connectivity index (χ3n) is 13.7. The maximum absolute atomic E-state index is 9.66. The van der Waals surface area contributed by atoms with Crippen LogP contribution in [0.3, 0.4) is 0 Å². The van der Waals surface area contributed by atoms with Gasteiger partial charge in [0.05, 0.1) is 11.4 Å². The fourth-order valence-corrected chi connectivity index (χ4v) is 11.7. The van der Waals surface area contributed by atoms with Crippen molar-refractivity contribution in [3.8, 4) is 0 Å². The van der Waals surface area contributed by atoms with E-state index in [1.54, 1.807) is 0 Å². The Kier molecular flexibility index (Phi) is 5.69. The number of rotatable bonds is 0. The van der Waals surface area contributed by atoms with Gasteiger partial charge in [-0.25, -0.2) is 0 Å². The Morgan fingerprint density at radius 2 is 0.911 bits per heavy atom. The van der Waals surface area contributed by atoms with Gasteiger partial charge in [-0.05, 0) is 112 Å². The maximum atomic E-state index is 9.66. The van der Waals surface area contributed by atoms with Crippen LogP contribution in [0.1, 0.15) is 44.5 Å². The van der Waals surface area contributed by atoms with Crippen LogP contribution in [-0.4, -0.2) is 38.6 Å². The van der Waals surface area contributed by atoms with Gasteiger partial charge >= 0.3 is 0 Å². The predicted molar refractivity (Wildman–Crippen MR) is 239 cm³/mol. The second-order valence-corrected chi connectivity index (χ2v) is 16.9. The van der Waals surface area contributed by atoms with Gasteiger partial charge in [-0.3, -0.25) is 10.4 Å². The standard InChI is InChI=1S/C49H35B3N4/c1-25-12-16-33-31(20-25)46(53)29-8-6-10-41-43(29)50(33)37-24-38-49-45-48(37)55(41)39-18-14-27(3)22-35(39)52(45)36-23-28(4)15-19-40(36)56(49)42-11-7-9-30-44(42)51(38)34-17-13-26(2)21-32(34)47(30)54-5/h6-24,53H,1-5H3. The van der Waals surface area contributed by atoms with Crippen molar-refractivity contribution in [1.82, 2.24) is 0 Å². The van der Waals surface area contributed by atoms with E-state index in [1.807, 2.05) is 7.05 Å². The summed E-state index contributed by atoms with van der Waals surface area (Å²) in [5, 5.41) is 9.66. The van der Waals surface area contributed by atoms with Crippen LogP contribution in [0, 0.1) is 33.1 Å². The molecule has 0 spiro atoms. The molecule has 1 N–H and O–H groups in total. The van der Waals surface area contributed by atoms with Crippen molar-refractivity contribution in [2.45, 2.75) is 27.7 Å². The summed E-state index contributed by atoms with van der Waals surface area (Å²) in [5.74, 6) is 0. The lowest BCUT2D eigenvalue weighted by Gasteiger charge is -2.52. The second-order valence-electron chi connectivity index (χ2n) is 16.9. The number of fused-ring (bicyclic) bond motifs is 14. The van der Waals surface area contributed by atoms with Crippen molar-refractivity contribution in [3.05, 3.63) is 160 Å². The number of benzene rings is 7. The molecule has 7 heteroatoms. The monoisotopic (exact) mass is 712 g/mol. The molecule has 0 fully saturated rings. The van der Waals surface area contributed by atoms with Gasteiger partial charge in [0.25, 0.3) is 6.71 Å². The topological polar surface area (TPSA) is 42.7 Å². The minimum Gasteiger partial charge on any atom is -0.312 e. The number of nitrogens with zero attached hydrogens (tertiary/aromatic N) is 3. The zero-order chi connectivity index (χ0) is 37.5. The van der Waals surface area contributed by atoms with Gasteiger partial charge in [0.2, 0.25) is 13.4 Å². The molecule has 0 atom stereocenters. The zero-order valence-electron chi connectivity index (χ0n) is 32.0. The van der Waals surface area contributed by atoms with E-state index < -0.39 is 0 Å². The first-order valence-corrected chi connectivity index (χ1v) is 19.9. The van der Waals surface area contributed by atoms with Crippen LogP contribution in [0.5, 0.6) is 0 Å². The van der Waals surface area contributed by atoms with E-state index in [-0.39, 0.29) is 20.1 Å². The van der Waals surface area contributed by atoms with Crippen molar-refractivity contribution in [1.29, 1.82) is 5.41 Å². The molecule has 6 heterocycles. The van der Waals surface area contributed by atoms with Gasteiger partial charge in [0.1, 0.15) is 0 Å². The summed E-state index contributed by atoms with van der Waals surface area (Å²) < 4.78 is 0. The number of hydrogen-bond donors (Lipinski definition) is 1. The molecular formula is C49H35B3N4. The molecule has 0 aliphatic carbocycles. The molecular weight excluding hydrogens is 677 g/mol. The van der Waals surface area contributed by atoms with Crippen LogP contribution in [0.4, 0.5) is 34.1 Å². The number of nitrogens with one attached hydrogen (secondary N) is 1. The highest BCUT2D eigenvalue weighted by molar-refractivity contribution is 7.07. The van der Waals surface area contributed by atoms with Crippen LogP contribution >= 0.6 is 0 Å². The van der Waals surface area contributed by atoms with E-state index >= 15 is 0 Å². The molecule has 0 unspecified atom stereocenters. The van der Waals surface area contributed by atoms with Crippen LogP contribution in [0.2, 0.25) is 0 Å². The summed E-state index contributed by atoms with van der Waals surface area (Å²) in [7, 11) is 1.95. The first-order chi connectivity index (χ1) is 27.3. The molecule has 56 heavy (non-hydrogen) atoms. The normalized spacial score (nSPS) is 15.8. The molecule has 6 aliphatic rings. The molecule has 0 aromatic heterocycles. The molecule has 0 radical (unpaired) electrons. The number of anilines is 6. The zero-order valence-corrected chi connectivity index (χ0v) is 32.0. The lowest BCUT2D eigenvalue weighted by atomic mass is 9.25. The van der Waals surface area contributed by atoms with Crippen molar-refractivity contribution in [3.63, 3.8) is 0 Å². The smallest absolute Gasteiger partial charge is 0.252 e. The highest BCUT2D eigenvalue weighted by atomic mass is 15.2. The average molecular weight is 712 g/mol. The molecule has 0 amide bonds. The van der Waals surface area contributed by atoms with Crippen LogP contribution < -0.4 is 59.0 Å². The first kappa shape index (κ1) is 30.9. The Morgan fingerprint density at radius 1 is 0.429 bits per heavy atom. The molecule has 4 nitrogen and oxygen atoms in total. The third-order valence-corrected chi connectivity index (χ3v) is 13.7. The van der Waals surface area contributed by atoms with E-state index in [2.05, 4.69) is 153 Å². The Morgan fingerprint density at radius 3 is 1.50 bits per heavy atom. The summed E-state index contributed by atoms with van der Waals surface area (Å²) in [6.07, 6.45) is 0.